The first-order valence-corrected chi connectivity index (χ1v) is 12.8. The van der Waals surface area contributed by atoms with E-state index in [-0.39, 0.29) is 17.2 Å². The Balaban J connectivity index is 1.54. The SMILES string of the molecule is COCCC(=O)N1CCC2(CCCN(c3ccnc(C)n3)CCNC(=O)c3ccccc3OC2)CC1. The van der Waals surface area contributed by atoms with Crippen LogP contribution in [0.1, 0.15) is 48.3 Å². The fourth-order valence-electron chi connectivity index (χ4n) is 5.06. The summed E-state index contributed by atoms with van der Waals surface area (Å²) in [5.41, 5.74) is 0.478. The molecule has 0 unspecified atom stereocenters. The molecule has 1 aromatic carbocycles. The Morgan fingerprint density at radius 1 is 1.14 bits per heavy atom. The number of aryl methyl sites for hydroxylation is 1. The van der Waals surface area contributed by atoms with Gasteiger partial charge in [-0.3, -0.25) is 9.59 Å². The highest BCUT2D eigenvalue weighted by Gasteiger charge is 2.37. The lowest BCUT2D eigenvalue weighted by atomic mass is 9.75. The van der Waals surface area contributed by atoms with E-state index in [4.69, 9.17) is 9.47 Å². The maximum absolute atomic E-state index is 13.0. The van der Waals surface area contributed by atoms with Crippen LogP contribution in [0, 0.1) is 12.3 Å². The minimum Gasteiger partial charge on any atom is -0.492 e. The van der Waals surface area contributed by atoms with Gasteiger partial charge in [-0.15, -0.1) is 0 Å². The molecule has 0 aliphatic carbocycles. The van der Waals surface area contributed by atoms with E-state index in [1.165, 1.54) is 0 Å². The maximum Gasteiger partial charge on any atom is 0.255 e. The minimum absolute atomic E-state index is 0.0665. The van der Waals surface area contributed by atoms with Crippen molar-refractivity contribution in [3.63, 3.8) is 0 Å². The molecule has 36 heavy (non-hydrogen) atoms. The van der Waals surface area contributed by atoms with Crippen LogP contribution in [0.15, 0.2) is 36.5 Å². The van der Waals surface area contributed by atoms with Crippen LogP contribution in [0.4, 0.5) is 5.82 Å². The highest BCUT2D eigenvalue weighted by Crippen LogP contribution is 2.38. The first kappa shape index (κ1) is 25.9. The van der Waals surface area contributed by atoms with Gasteiger partial charge in [-0.05, 0) is 50.8 Å². The first-order valence-electron chi connectivity index (χ1n) is 12.8. The predicted molar refractivity (Wildman–Crippen MR) is 137 cm³/mol. The van der Waals surface area contributed by atoms with E-state index in [0.717, 1.165) is 43.9 Å². The molecular formula is C27H37N5O4. The molecule has 2 aliphatic rings. The van der Waals surface area contributed by atoms with E-state index in [1.54, 1.807) is 19.4 Å². The number of piperidine rings is 1. The Morgan fingerprint density at radius 2 is 1.94 bits per heavy atom. The van der Waals surface area contributed by atoms with Gasteiger partial charge in [0.1, 0.15) is 17.4 Å². The number of aromatic nitrogens is 2. The number of carbonyl (C=O) groups excluding carboxylic acids is 2. The van der Waals surface area contributed by atoms with Crippen molar-refractivity contribution in [2.75, 3.05) is 57.9 Å². The van der Waals surface area contributed by atoms with Gasteiger partial charge >= 0.3 is 0 Å². The summed E-state index contributed by atoms with van der Waals surface area (Å²) in [7, 11) is 1.62. The summed E-state index contributed by atoms with van der Waals surface area (Å²) < 4.78 is 11.4. The largest absolute Gasteiger partial charge is 0.492 e. The molecule has 3 heterocycles. The third kappa shape index (κ3) is 6.51. The van der Waals surface area contributed by atoms with Crippen LogP contribution in [-0.4, -0.2) is 79.7 Å². The number of rotatable bonds is 4. The van der Waals surface area contributed by atoms with E-state index in [0.29, 0.717) is 57.1 Å². The molecule has 4 rings (SSSR count). The van der Waals surface area contributed by atoms with Crippen molar-refractivity contribution in [2.45, 2.75) is 39.0 Å². The summed E-state index contributed by atoms with van der Waals surface area (Å²) in [5.74, 6) is 2.20. The standard InChI is InChI=1S/C27H37N5O4/c1-21-28-13-8-24(30-21)31-15-5-10-27(11-16-32(17-12-27)25(33)9-19-35-2)20-36-23-7-4-3-6-22(23)26(34)29-14-18-31/h3-4,6-8,13H,5,9-12,14-20H2,1-2H3,(H,29,34). The molecule has 2 aromatic rings. The lowest BCUT2D eigenvalue weighted by molar-refractivity contribution is -0.135. The smallest absolute Gasteiger partial charge is 0.255 e. The van der Waals surface area contributed by atoms with Crippen LogP contribution in [0.25, 0.3) is 0 Å². The Kier molecular flexibility index (Phi) is 8.74. The molecule has 0 saturated carbocycles. The number of hydrogen-bond acceptors (Lipinski definition) is 7. The average Bonchev–Trinajstić information content (AvgIpc) is 2.91. The molecule has 1 fully saturated rings. The van der Waals surface area contributed by atoms with E-state index < -0.39 is 0 Å². The zero-order valence-corrected chi connectivity index (χ0v) is 21.4. The topological polar surface area (TPSA) is 96.9 Å². The predicted octanol–water partition coefficient (Wildman–Crippen LogP) is 2.84. The molecule has 1 N–H and O–H groups in total. The lowest BCUT2D eigenvalue weighted by Gasteiger charge is -2.42. The lowest BCUT2D eigenvalue weighted by Crippen LogP contribution is -2.46. The fraction of sp³-hybridized carbons (Fsp3) is 0.556. The Morgan fingerprint density at radius 3 is 2.72 bits per heavy atom. The molecule has 9 nitrogen and oxygen atoms in total. The Hall–Kier alpha value is -3.20. The monoisotopic (exact) mass is 495 g/mol. The summed E-state index contributed by atoms with van der Waals surface area (Å²) in [4.78, 5) is 38.6. The molecule has 0 bridgehead atoms. The highest BCUT2D eigenvalue weighted by atomic mass is 16.5. The fourth-order valence-corrected chi connectivity index (χ4v) is 5.06. The molecule has 2 amide bonds. The van der Waals surface area contributed by atoms with Gasteiger partial charge in [0.15, 0.2) is 0 Å². The summed E-state index contributed by atoms with van der Waals surface area (Å²) in [6.07, 6.45) is 5.85. The van der Waals surface area contributed by atoms with Crippen molar-refractivity contribution in [3.05, 3.63) is 47.9 Å². The van der Waals surface area contributed by atoms with Gasteiger partial charge in [-0.25, -0.2) is 9.97 Å². The van der Waals surface area contributed by atoms with Gasteiger partial charge in [-0.2, -0.15) is 0 Å². The summed E-state index contributed by atoms with van der Waals surface area (Å²) in [6, 6.07) is 9.34. The Bertz CT molecular complexity index is 1040. The molecule has 194 valence electrons. The van der Waals surface area contributed by atoms with Crippen LogP contribution >= 0.6 is 0 Å². The normalized spacial score (nSPS) is 18.8. The third-order valence-corrected chi connectivity index (χ3v) is 7.25. The molecular weight excluding hydrogens is 458 g/mol. The quantitative estimate of drug-likeness (QED) is 0.697. The summed E-state index contributed by atoms with van der Waals surface area (Å²) >= 11 is 0. The molecule has 1 spiro atoms. The number of nitrogens with zero attached hydrogens (tertiary/aromatic N) is 4. The van der Waals surface area contributed by atoms with Crippen LogP contribution in [0.3, 0.4) is 0 Å². The van der Waals surface area contributed by atoms with Crippen molar-refractivity contribution in [1.82, 2.24) is 20.2 Å². The minimum atomic E-state index is -0.142. The number of hydrogen-bond donors (Lipinski definition) is 1. The summed E-state index contributed by atoms with van der Waals surface area (Å²) in [6.45, 7) is 6.24. The van der Waals surface area contributed by atoms with Crippen LogP contribution in [0.5, 0.6) is 5.75 Å². The van der Waals surface area contributed by atoms with Gasteiger partial charge in [0, 0.05) is 51.4 Å². The van der Waals surface area contributed by atoms with Crippen molar-refractivity contribution >= 4 is 17.6 Å². The van der Waals surface area contributed by atoms with Gasteiger partial charge in [0.2, 0.25) is 5.91 Å². The number of para-hydroxylation sites is 1. The first-order chi connectivity index (χ1) is 17.5. The van der Waals surface area contributed by atoms with Crippen molar-refractivity contribution in [1.29, 1.82) is 0 Å². The van der Waals surface area contributed by atoms with Crippen LogP contribution < -0.4 is 15.0 Å². The number of likely N-dealkylation sites (tertiary alicyclic amines) is 1. The van der Waals surface area contributed by atoms with Crippen LogP contribution in [0.2, 0.25) is 0 Å². The van der Waals surface area contributed by atoms with Crippen molar-refractivity contribution < 1.29 is 19.1 Å². The molecule has 0 radical (unpaired) electrons. The van der Waals surface area contributed by atoms with Crippen molar-refractivity contribution in [2.24, 2.45) is 5.41 Å². The molecule has 9 heteroatoms. The van der Waals surface area contributed by atoms with Gasteiger partial charge < -0.3 is 24.6 Å². The zero-order chi connectivity index (χ0) is 25.4. The second kappa shape index (κ2) is 12.2. The van der Waals surface area contributed by atoms with E-state index in [1.807, 2.05) is 36.1 Å². The number of amides is 2. The number of fused-ring (bicyclic) bond motifs is 1. The summed E-state index contributed by atoms with van der Waals surface area (Å²) in [5, 5.41) is 3.04. The van der Waals surface area contributed by atoms with Gasteiger partial charge in [0.05, 0.1) is 25.2 Å². The number of anilines is 1. The number of ether oxygens (including phenoxy) is 2. The third-order valence-electron chi connectivity index (χ3n) is 7.25. The second-order valence-corrected chi connectivity index (χ2v) is 9.72. The highest BCUT2D eigenvalue weighted by molar-refractivity contribution is 5.96. The number of benzene rings is 1. The van der Waals surface area contributed by atoms with Gasteiger partial charge in [-0.1, -0.05) is 12.1 Å². The average molecular weight is 496 g/mol. The van der Waals surface area contributed by atoms with E-state index in [9.17, 15) is 9.59 Å². The van der Waals surface area contributed by atoms with E-state index >= 15 is 0 Å². The molecule has 1 saturated heterocycles. The van der Waals surface area contributed by atoms with Gasteiger partial charge in [0.25, 0.3) is 5.91 Å². The molecule has 1 aromatic heterocycles. The van der Waals surface area contributed by atoms with Crippen LogP contribution in [-0.2, 0) is 9.53 Å². The van der Waals surface area contributed by atoms with Crippen molar-refractivity contribution in [3.8, 4) is 5.75 Å². The second-order valence-electron chi connectivity index (χ2n) is 9.72. The zero-order valence-electron chi connectivity index (χ0n) is 21.4. The maximum atomic E-state index is 13.0. The van der Waals surface area contributed by atoms with E-state index in [2.05, 4.69) is 20.2 Å². The molecule has 0 atom stereocenters. The molecule has 2 aliphatic heterocycles. The Labute approximate surface area is 213 Å². The number of methoxy groups -OCH3 is 1. The number of nitrogens with one attached hydrogen (secondary N) is 1. The number of carbonyl (C=O) groups is 2.